The Hall–Kier alpha value is -0.890. The van der Waals surface area contributed by atoms with Crippen LogP contribution in [-0.2, 0) is 0 Å². The Morgan fingerprint density at radius 2 is 2.42 bits per heavy atom. The van der Waals surface area contributed by atoms with Crippen molar-refractivity contribution in [2.45, 2.75) is 19.3 Å². The number of rotatable bonds is 2. The fourth-order valence-corrected chi connectivity index (χ4v) is 1.61. The first kappa shape index (κ1) is 7.74. The SMILES string of the molecule is Cc1ccc([C@@H]2C[C@H]2CN)cn1. The van der Waals surface area contributed by atoms with Crippen molar-refractivity contribution in [1.82, 2.24) is 4.98 Å². The molecule has 1 aromatic heterocycles. The third-order valence-corrected chi connectivity index (χ3v) is 2.59. The van der Waals surface area contributed by atoms with Crippen LogP contribution in [0.1, 0.15) is 23.6 Å². The fourth-order valence-electron chi connectivity index (χ4n) is 1.61. The molecule has 2 rings (SSSR count). The molecule has 0 unspecified atom stereocenters. The summed E-state index contributed by atoms with van der Waals surface area (Å²) < 4.78 is 0. The van der Waals surface area contributed by atoms with Crippen LogP contribution in [-0.4, -0.2) is 11.5 Å². The van der Waals surface area contributed by atoms with Gasteiger partial charge in [0.15, 0.2) is 0 Å². The molecule has 12 heavy (non-hydrogen) atoms. The van der Waals surface area contributed by atoms with Crippen molar-refractivity contribution in [3.8, 4) is 0 Å². The quantitative estimate of drug-likeness (QED) is 0.715. The van der Waals surface area contributed by atoms with Crippen molar-refractivity contribution in [2.24, 2.45) is 11.7 Å². The van der Waals surface area contributed by atoms with Gasteiger partial charge in [-0.2, -0.15) is 0 Å². The Morgan fingerprint density at radius 3 is 2.92 bits per heavy atom. The zero-order valence-corrected chi connectivity index (χ0v) is 7.33. The molecule has 2 heteroatoms. The molecule has 0 bridgehead atoms. The van der Waals surface area contributed by atoms with E-state index in [0.717, 1.165) is 18.2 Å². The Balaban J connectivity index is 2.10. The lowest BCUT2D eigenvalue weighted by molar-refractivity contribution is 0.807. The van der Waals surface area contributed by atoms with Gasteiger partial charge in [0.25, 0.3) is 0 Å². The lowest BCUT2D eigenvalue weighted by atomic mass is 10.1. The van der Waals surface area contributed by atoms with Crippen molar-refractivity contribution in [1.29, 1.82) is 0 Å². The van der Waals surface area contributed by atoms with E-state index in [1.54, 1.807) is 0 Å². The molecule has 1 aliphatic rings. The second kappa shape index (κ2) is 2.87. The van der Waals surface area contributed by atoms with Gasteiger partial charge in [-0.3, -0.25) is 4.98 Å². The molecule has 1 saturated carbocycles. The molecule has 0 spiro atoms. The van der Waals surface area contributed by atoms with Gasteiger partial charge < -0.3 is 5.73 Å². The summed E-state index contributed by atoms with van der Waals surface area (Å²) in [5, 5.41) is 0. The number of nitrogens with two attached hydrogens (primary N) is 1. The van der Waals surface area contributed by atoms with Crippen LogP contribution >= 0.6 is 0 Å². The van der Waals surface area contributed by atoms with Crippen molar-refractivity contribution >= 4 is 0 Å². The molecule has 0 saturated heterocycles. The minimum atomic E-state index is 0.697. The smallest absolute Gasteiger partial charge is 0.0372 e. The van der Waals surface area contributed by atoms with Gasteiger partial charge in [0.1, 0.15) is 0 Å². The van der Waals surface area contributed by atoms with E-state index in [2.05, 4.69) is 17.1 Å². The lowest BCUT2D eigenvalue weighted by Crippen LogP contribution is -2.02. The van der Waals surface area contributed by atoms with Gasteiger partial charge in [0.2, 0.25) is 0 Å². The number of hydrogen-bond acceptors (Lipinski definition) is 2. The predicted molar refractivity (Wildman–Crippen MR) is 48.9 cm³/mol. The zero-order valence-electron chi connectivity index (χ0n) is 7.33. The fraction of sp³-hybridized carbons (Fsp3) is 0.500. The van der Waals surface area contributed by atoms with Crippen molar-refractivity contribution in [2.75, 3.05) is 6.54 Å². The molecule has 2 atom stereocenters. The summed E-state index contributed by atoms with van der Waals surface area (Å²) in [7, 11) is 0. The van der Waals surface area contributed by atoms with E-state index in [1.807, 2.05) is 13.1 Å². The van der Waals surface area contributed by atoms with Crippen LogP contribution in [0.4, 0.5) is 0 Å². The molecule has 1 aliphatic carbocycles. The first-order chi connectivity index (χ1) is 5.81. The van der Waals surface area contributed by atoms with E-state index < -0.39 is 0 Å². The van der Waals surface area contributed by atoms with Gasteiger partial charge >= 0.3 is 0 Å². The molecule has 1 aromatic rings. The monoisotopic (exact) mass is 162 g/mol. The second-order valence-corrected chi connectivity index (χ2v) is 3.57. The summed E-state index contributed by atoms with van der Waals surface area (Å²) in [4.78, 5) is 4.27. The molecule has 0 aliphatic heterocycles. The van der Waals surface area contributed by atoms with Gasteiger partial charge in [-0.1, -0.05) is 6.07 Å². The van der Waals surface area contributed by atoms with Crippen LogP contribution in [0.15, 0.2) is 18.3 Å². The van der Waals surface area contributed by atoms with Gasteiger partial charge in [-0.05, 0) is 43.4 Å². The van der Waals surface area contributed by atoms with E-state index in [4.69, 9.17) is 5.73 Å². The number of pyridine rings is 1. The largest absolute Gasteiger partial charge is 0.330 e. The highest BCUT2D eigenvalue weighted by atomic mass is 14.7. The summed E-state index contributed by atoms with van der Waals surface area (Å²) >= 11 is 0. The highest BCUT2D eigenvalue weighted by Gasteiger charge is 2.36. The Labute approximate surface area is 72.8 Å². The molecular formula is C10H14N2. The second-order valence-electron chi connectivity index (χ2n) is 3.57. The van der Waals surface area contributed by atoms with E-state index in [9.17, 15) is 0 Å². The molecule has 1 heterocycles. The summed E-state index contributed by atoms with van der Waals surface area (Å²) in [6.45, 7) is 2.83. The Morgan fingerprint density at radius 1 is 1.58 bits per heavy atom. The third-order valence-electron chi connectivity index (χ3n) is 2.59. The van der Waals surface area contributed by atoms with Gasteiger partial charge in [-0.25, -0.2) is 0 Å². The minimum Gasteiger partial charge on any atom is -0.330 e. The predicted octanol–water partition coefficient (Wildman–Crippen LogP) is 1.45. The van der Waals surface area contributed by atoms with Crippen molar-refractivity contribution < 1.29 is 0 Å². The van der Waals surface area contributed by atoms with Gasteiger partial charge in [0.05, 0.1) is 0 Å². The van der Waals surface area contributed by atoms with Crippen LogP contribution < -0.4 is 5.73 Å². The molecule has 0 radical (unpaired) electrons. The van der Waals surface area contributed by atoms with Crippen LogP contribution in [0.3, 0.4) is 0 Å². The van der Waals surface area contributed by atoms with Crippen LogP contribution in [0.25, 0.3) is 0 Å². The van der Waals surface area contributed by atoms with Crippen LogP contribution in [0, 0.1) is 12.8 Å². The number of aryl methyl sites for hydroxylation is 1. The molecule has 64 valence electrons. The number of aromatic nitrogens is 1. The van der Waals surface area contributed by atoms with Gasteiger partial charge in [-0.15, -0.1) is 0 Å². The van der Waals surface area contributed by atoms with E-state index in [1.165, 1.54) is 12.0 Å². The summed E-state index contributed by atoms with van der Waals surface area (Å²) in [5.74, 6) is 1.41. The molecule has 0 amide bonds. The maximum absolute atomic E-state index is 5.57. The van der Waals surface area contributed by atoms with Crippen LogP contribution in [0.5, 0.6) is 0 Å². The normalized spacial score (nSPS) is 27.2. The molecular weight excluding hydrogens is 148 g/mol. The average Bonchev–Trinajstić information content (AvgIpc) is 2.85. The van der Waals surface area contributed by atoms with E-state index in [0.29, 0.717) is 5.92 Å². The highest BCUT2D eigenvalue weighted by Crippen LogP contribution is 2.46. The first-order valence-corrected chi connectivity index (χ1v) is 4.44. The Bertz CT molecular complexity index is 266. The highest BCUT2D eigenvalue weighted by molar-refractivity contribution is 5.24. The molecule has 2 N–H and O–H groups in total. The molecule has 0 aromatic carbocycles. The Kier molecular flexibility index (Phi) is 1.85. The molecule has 1 fully saturated rings. The minimum absolute atomic E-state index is 0.697. The van der Waals surface area contributed by atoms with Gasteiger partial charge in [0, 0.05) is 11.9 Å². The van der Waals surface area contributed by atoms with Crippen molar-refractivity contribution in [3.05, 3.63) is 29.6 Å². The maximum atomic E-state index is 5.57. The number of nitrogens with zero attached hydrogens (tertiary/aromatic N) is 1. The molecule has 2 nitrogen and oxygen atoms in total. The number of hydrogen-bond donors (Lipinski definition) is 1. The topological polar surface area (TPSA) is 38.9 Å². The third kappa shape index (κ3) is 1.34. The van der Waals surface area contributed by atoms with E-state index >= 15 is 0 Å². The summed E-state index contributed by atoms with van der Waals surface area (Å²) in [6.07, 6.45) is 3.23. The van der Waals surface area contributed by atoms with Crippen molar-refractivity contribution in [3.63, 3.8) is 0 Å². The van der Waals surface area contributed by atoms with E-state index in [-0.39, 0.29) is 0 Å². The van der Waals surface area contributed by atoms with Crippen LogP contribution in [0.2, 0.25) is 0 Å². The average molecular weight is 162 g/mol. The zero-order chi connectivity index (χ0) is 8.55. The lowest BCUT2D eigenvalue weighted by Gasteiger charge is -1.98. The first-order valence-electron chi connectivity index (χ1n) is 4.44. The summed E-state index contributed by atoms with van der Waals surface area (Å²) in [5.41, 5.74) is 8.02. The summed E-state index contributed by atoms with van der Waals surface area (Å²) in [6, 6.07) is 4.24. The standard InChI is InChI=1S/C10H14N2/c1-7-2-3-8(6-12-7)10-4-9(10)5-11/h2-3,6,9-10H,4-5,11H2,1H3/t9-,10-/m0/s1. The maximum Gasteiger partial charge on any atom is 0.0372 e.